The summed E-state index contributed by atoms with van der Waals surface area (Å²) in [7, 11) is 0. The molecule has 0 amide bonds. The lowest BCUT2D eigenvalue weighted by Gasteiger charge is -2.09. The maximum atomic E-state index is 11.3. The number of rotatable bonds is 4. The Morgan fingerprint density at radius 2 is 1.77 bits per heavy atom. The van der Waals surface area contributed by atoms with Crippen LogP contribution in [0.25, 0.3) is 10.9 Å². The van der Waals surface area contributed by atoms with Gasteiger partial charge in [-0.15, -0.1) is 0 Å². The van der Waals surface area contributed by atoms with Crippen LogP contribution in [0.3, 0.4) is 0 Å². The van der Waals surface area contributed by atoms with E-state index in [-0.39, 0.29) is 23.9 Å². The Morgan fingerprint density at radius 3 is 2.50 bits per heavy atom. The molecule has 0 bridgehead atoms. The number of ether oxygens (including phenoxy) is 1. The van der Waals surface area contributed by atoms with Crippen LogP contribution in [0.1, 0.15) is 5.56 Å². The van der Waals surface area contributed by atoms with Crippen LogP contribution in [0.5, 0.6) is 5.88 Å². The summed E-state index contributed by atoms with van der Waals surface area (Å²) in [6, 6.07) is 16.4. The number of nitrogen functional groups attached to an aromatic ring is 1. The number of aromatic nitrogens is 1. The highest BCUT2D eigenvalue weighted by molar-refractivity contribution is 5.96. The predicted molar refractivity (Wildman–Crippen MR) is 83.6 cm³/mol. The Bertz CT molecular complexity index is 835. The van der Waals surface area contributed by atoms with E-state index in [4.69, 9.17) is 10.5 Å². The first-order chi connectivity index (χ1) is 10.7. The summed E-state index contributed by atoms with van der Waals surface area (Å²) >= 11 is 0. The highest BCUT2D eigenvalue weighted by atomic mass is 16.6. The van der Waals surface area contributed by atoms with E-state index in [1.54, 1.807) is 24.3 Å². The molecular formula is C16H13N3O3. The molecule has 0 aliphatic rings. The molecule has 6 nitrogen and oxygen atoms in total. The molecule has 3 rings (SSSR count). The fourth-order valence-corrected chi connectivity index (χ4v) is 2.21. The first-order valence-electron chi connectivity index (χ1n) is 6.66. The molecule has 1 heterocycles. The number of benzene rings is 2. The van der Waals surface area contributed by atoms with E-state index in [2.05, 4.69) is 4.98 Å². The third-order valence-electron chi connectivity index (χ3n) is 3.27. The van der Waals surface area contributed by atoms with Crippen molar-refractivity contribution in [3.05, 3.63) is 70.3 Å². The number of hydrogen-bond acceptors (Lipinski definition) is 5. The zero-order valence-electron chi connectivity index (χ0n) is 11.6. The predicted octanol–water partition coefficient (Wildman–Crippen LogP) is 3.30. The minimum atomic E-state index is -0.560. The highest BCUT2D eigenvalue weighted by Crippen LogP contribution is 2.37. The van der Waals surface area contributed by atoms with Crippen molar-refractivity contribution < 1.29 is 9.66 Å². The number of nitrogens with two attached hydrogens (primary N) is 1. The summed E-state index contributed by atoms with van der Waals surface area (Å²) in [6.45, 7) is 0.187. The van der Waals surface area contributed by atoms with Crippen molar-refractivity contribution in [1.29, 1.82) is 0 Å². The number of hydrogen-bond donors (Lipinski definition) is 1. The summed E-state index contributed by atoms with van der Waals surface area (Å²) in [4.78, 5) is 15.0. The first-order valence-corrected chi connectivity index (χ1v) is 6.66. The van der Waals surface area contributed by atoms with E-state index in [0.29, 0.717) is 10.9 Å². The van der Waals surface area contributed by atoms with Gasteiger partial charge in [0.05, 0.1) is 10.4 Å². The lowest BCUT2D eigenvalue weighted by molar-refractivity contribution is -0.385. The van der Waals surface area contributed by atoms with Gasteiger partial charge in [-0.3, -0.25) is 10.1 Å². The van der Waals surface area contributed by atoms with Crippen LogP contribution in [0.4, 0.5) is 11.4 Å². The van der Waals surface area contributed by atoms with Gasteiger partial charge in [0.15, 0.2) is 0 Å². The second kappa shape index (κ2) is 5.69. The van der Waals surface area contributed by atoms with Crippen LogP contribution in [0.2, 0.25) is 0 Å². The Hall–Kier alpha value is -3.15. The van der Waals surface area contributed by atoms with Crippen LogP contribution in [0.15, 0.2) is 54.6 Å². The number of para-hydroxylation sites is 1. The van der Waals surface area contributed by atoms with E-state index in [1.807, 2.05) is 30.3 Å². The molecule has 1 aromatic heterocycles. The van der Waals surface area contributed by atoms with Crippen LogP contribution >= 0.6 is 0 Å². The third-order valence-corrected chi connectivity index (χ3v) is 3.27. The van der Waals surface area contributed by atoms with Crippen molar-refractivity contribution in [1.82, 2.24) is 4.98 Å². The number of fused-ring (bicyclic) bond motifs is 1. The maximum absolute atomic E-state index is 11.3. The molecule has 0 atom stereocenters. The summed E-state index contributed by atoms with van der Waals surface area (Å²) < 4.78 is 5.54. The molecular weight excluding hydrogens is 282 g/mol. The zero-order valence-corrected chi connectivity index (χ0v) is 11.6. The van der Waals surface area contributed by atoms with Crippen LogP contribution in [-0.2, 0) is 6.61 Å². The van der Waals surface area contributed by atoms with Crippen molar-refractivity contribution in [3.63, 3.8) is 0 Å². The summed E-state index contributed by atoms with van der Waals surface area (Å²) in [6.07, 6.45) is 0. The molecule has 0 aliphatic heterocycles. The van der Waals surface area contributed by atoms with Gasteiger partial charge in [0.1, 0.15) is 12.3 Å². The Labute approximate surface area is 126 Å². The fourth-order valence-electron chi connectivity index (χ4n) is 2.21. The van der Waals surface area contributed by atoms with Gasteiger partial charge in [-0.25, -0.2) is 4.98 Å². The summed E-state index contributed by atoms with van der Waals surface area (Å²) in [5, 5.41) is 11.8. The molecule has 0 spiro atoms. The smallest absolute Gasteiger partial charge is 0.354 e. The molecule has 0 radical (unpaired) electrons. The molecule has 3 aromatic rings. The molecule has 6 heteroatoms. The van der Waals surface area contributed by atoms with Crippen molar-refractivity contribution in [3.8, 4) is 5.88 Å². The largest absolute Gasteiger partial charge is 0.468 e. The van der Waals surface area contributed by atoms with Crippen LogP contribution in [0, 0.1) is 10.1 Å². The van der Waals surface area contributed by atoms with Gasteiger partial charge < -0.3 is 10.5 Å². The fraction of sp³-hybridized carbons (Fsp3) is 0.0625. The van der Waals surface area contributed by atoms with E-state index >= 15 is 0 Å². The minimum Gasteiger partial charge on any atom is -0.468 e. The average Bonchev–Trinajstić information content (AvgIpc) is 2.53. The van der Waals surface area contributed by atoms with Crippen molar-refractivity contribution in [2.75, 3.05) is 5.73 Å². The lowest BCUT2D eigenvalue weighted by Crippen LogP contribution is -2.05. The molecule has 0 saturated heterocycles. The Morgan fingerprint density at radius 1 is 1.09 bits per heavy atom. The van der Waals surface area contributed by atoms with E-state index in [1.165, 1.54) is 0 Å². The third kappa shape index (κ3) is 2.54. The van der Waals surface area contributed by atoms with Gasteiger partial charge in [-0.2, -0.15) is 0 Å². The quantitative estimate of drug-likeness (QED) is 0.589. The second-order valence-corrected chi connectivity index (χ2v) is 4.73. The Kier molecular flexibility index (Phi) is 3.57. The first kappa shape index (κ1) is 13.8. The zero-order chi connectivity index (χ0) is 15.5. The normalized spacial score (nSPS) is 10.5. The van der Waals surface area contributed by atoms with Gasteiger partial charge >= 0.3 is 5.69 Å². The summed E-state index contributed by atoms with van der Waals surface area (Å²) in [5.74, 6) is -0.0648. The average molecular weight is 295 g/mol. The number of nitrogens with zero attached hydrogens (tertiary/aromatic N) is 2. The molecule has 2 N–H and O–H groups in total. The lowest BCUT2D eigenvalue weighted by atomic mass is 10.1. The van der Waals surface area contributed by atoms with Crippen molar-refractivity contribution >= 4 is 22.3 Å². The van der Waals surface area contributed by atoms with E-state index < -0.39 is 4.92 Å². The molecule has 22 heavy (non-hydrogen) atoms. The molecule has 2 aromatic carbocycles. The Balaban J connectivity index is 2.04. The number of nitro groups is 1. The minimum absolute atomic E-state index is 0.0648. The molecule has 0 saturated carbocycles. The monoisotopic (exact) mass is 295 g/mol. The van der Waals surface area contributed by atoms with Gasteiger partial charge in [0, 0.05) is 5.39 Å². The summed E-state index contributed by atoms with van der Waals surface area (Å²) in [5.41, 5.74) is 7.16. The van der Waals surface area contributed by atoms with Crippen LogP contribution < -0.4 is 10.5 Å². The molecule has 0 aliphatic carbocycles. The molecule has 0 unspecified atom stereocenters. The highest BCUT2D eigenvalue weighted by Gasteiger charge is 2.24. The van der Waals surface area contributed by atoms with E-state index in [9.17, 15) is 10.1 Å². The van der Waals surface area contributed by atoms with Gasteiger partial charge in [-0.1, -0.05) is 48.5 Å². The second-order valence-electron chi connectivity index (χ2n) is 4.73. The maximum Gasteiger partial charge on any atom is 0.354 e. The number of pyridine rings is 1. The van der Waals surface area contributed by atoms with Gasteiger partial charge in [-0.05, 0) is 11.6 Å². The SMILES string of the molecule is Nc1c([N+](=O)[O-])c(OCc2ccccc2)nc2ccccc12. The van der Waals surface area contributed by atoms with Crippen molar-refractivity contribution in [2.45, 2.75) is 6.61 Å². The topological polar surface area (TPSA) is 91.3 Å². The van der Waals surface area contributed by atoms with Gasteiger partial charge in [0.25, 0.3) is 5.88 Å². The van der Waals surface area contributed by atoms with E-state index in [0.717, 1.165) is 5.56 Å². The van der Waals surface area contributed by atoms with Crippen LogP contribution in [-0.4, -0.2) is 9.91 Å². The van der Waals surface area contributed by atoms with Crippen molar-refractivity contribution in [2.24, 2.45) is 0 Å². The standard InChI is InChI=1S/C16H13N3O3/c17-14-12-8-4-5-9-13(12)18-16(15(14)19(20)21)22-10-11-6-2-1-3-7-11/h1-9H,10H2,(H2,17,18). The van der Waals surface area contributed by atoms with Gasteiger partial charge in [0.2, 0.25) is 0 Å². The molecule has 0 fully saturated rings. The molecule has 110 valence electrons. The number of anilines is 1.